The molecule has 0 aliphatic carbocycles. The maximum atomic E-state index is 13.6. The number of sulfonamides is 4. The van der Waals surface area contributed by atoms with E-state index in [0.717, 1.165) is 59.4 Å². The zero-order valence-corrected chi connectivity index (χ0v) is 80.8. The van der Waals surface area contributed by atoms with E-state index in [1.807, 2.05) is 58.3 Å². The molecule has 5 fully saturated rings. The van der Waals surface area contributed by atoms with Crippen LogP contribution in [0.1, 0.15) is 64.2 Å². The first-order chi connectivity index (χ1) is 65.3. The standard InChI is InChI=1S/C25H29N5O3S.C23H23Cl2N5O4S.C23H23F2N5O3S2.C21H20ClN5O3S2.5H2/c1-19(2)24(20-6-4-3-5-7-20)25(31)30-16-14-29(15-17-30)21-8-10-22(11-9-21)34(32,33)28-23-12-13-26-18-27-23;1-16(34-18-4-7-20(24)21(25)14-18)23(31)30-12-10-29(11-13-30)17-2-5-19(6-3-17)35(32,33)28-22-8-9-26-15-27-22;24-19-6-3-17(15-20(19)25)28-10-12-29(13-11-28)21-7-9-30(22(21)31)16-1-4-18(5-2-16)35(32,33)27-23-26-8-14-34-23;22-15-3-8-18-14(12-15)2-1-10-27(18)19-9-11-26(20(19)28)16-4-6-17(7-5-16)32(29,30)25-21-24-23-13-31-21;;;;;/h3-13,18-19,24H,14-17H2,1-2H3,(H,26,27,28);2-9,14-16H,10-13H2,1H3,(H,26,27,28);1-6,8,14-15,21H,7,9-13H2,(H,26,27);3-8,12-13,19H,1-2,9-11H2,(H,24,25);5*1H/t;;21-;19-;;;;;/m..00...../s1. The van der Waals surface area contributed by atoms with Crippen LogP contribution in [0.5, 0.6) is 5.75 Å². The molecule has 4 amide bonds. The molecule has 4 aromatic heterocycles. The van der Waals surface area contributed by atoms with Crippen LogP contribution in [0.25, 0.3) is 0 Å². The zero-order valence-electron chi connectivity index (χ0n) is 73.6. The number of thiazole rings is 1. The first kappa shape index (κ1) is 98.2. The molecule has 33 nitrogen and oxygen atoms in total. The summed E-state index contributed by atoms with van der Waals surface area (Å²) in [6.45, 7) is 15.2. The molecule has 0 bridgehead atoms. The molecule has 4 N–H and O–H groups in total. The third-order valence-corrected chi connectivity index (χ3v) is 31.6. The number of ether oxygens (including phenoxy) is 1. The summed E-state index contributed by atoms with van der Waals surface area (Å²) in [5, 5.41) is 11.0. The molecule has 722 valence electrons. The molecule has 18 rings (SSSR count). The van der Waals surface area contributed by atoms with Gasteiger partial charge in [-0.1, -0.05) is 90.3 Å². The molecule has 5 saturated heterocycles. The average Bonchev–Trinajstić information content (AvgIpc) is 1.65. The fourth-order valence-electron chi connectivity index (χ4n) is 16.7. The van der Waals surface area contributed by atoms with Crippen molar-refractivity contribution in [1.82, 2.24) is 49.8 Å². The molecule has 136 heavy (non-hydrogen) atoms. The number of hydrogen-bond acceptors (Lipinski definition) is 27. The lowest BCUT2D eigenvalue weighted by atomic mass is 9.87. The number of amides is 4. The SMILES string of the molecule is CC(C)C(C(=O)N1CCN(c2ccc(S(=O)(=O)Nc3ccncn3)cc2)CC1)c1ccccc1.CC(Oc1ccc(Cl)c(Cl)c1)C(=O)N1CCN(c2ccc(S(=O)(=O)Nc3ccncn3)cc2)CC1.O=C1[C@@H](N2CCCc3cc(Cl)ccc32)CCN1c1ccc(S(=O)(=O)Nc2nncs2)cc1.O=C1[C@@H](N2CCN(c3ccc(F)c(F)c3)CC2)CCN1c1ccc(S(=O)(=O)Nc2nccs2)cc1.[HH].[HH].[HH].[HH].[HH]. The van der Waals surface area contributed by atoms with Crippen LogP contribution in [-0.2, 0) is 65.7 Å². The highest BCUT2D eigenvalue weighted by molar-refractivity contribution is 7.93. The molecule has 0 spiro atoms. The topological polar surface area (TPSA) is 382 Å². The molecule has 8 aromatic carbocycles. The summed E-state index contributed by atoms with van der Waals surface area (Å²) in [4.78, 5) is 90.0. The number of carbonyl (C=O) groups excluding carboxylic acids is 4. The third-order valence-electron chi connectivity index (χ3n) is 23.6. The predicted molar refractivity (Wildman–Crippen MR) is 533 cm³/mol. The first-order valence-electron chi connectivity index (χ1n) is 43.4. The monoisotopic (exact) mass is 2030 g/mol. The highest BCUT2D eigenvalue weighted by Crippen LogP contribution is 2.38. The molecule has 6 aliphatic rings. The van der Waals surface area contributed by atoms with Gasteiger partial charge in [0.15, 0.2) is 22.9 Å². The summed E-state index contributed by atoms with van der Waals surface area (Å²) < 4.78 is 143. The van der Waals surface area contributed by atoms with Gasteiger partial charge in [-0.25, -0.2) is 67.4 Å². The Morgan fingerprint density at radius 2 is 0.963 bits per heavy atom. The van der Waals surface area contributed by atoms with Crippen LogP contribution in [0.2, 0.25) is 15.1 Å². The minimum Gasteiger partial charge on any atom is -0.481 e. The van der Waals surface area contributed by atoms with Gasteiger partial charge in [-0.2, -0.15) is 0 Å². The van der Waals surface area contributed by atoms with Crippen molar-refractivity contribution < 1.29 is 73.5 Å². The lowest BCUT2D eigenvalue weighted by molar-refractivity contribution is -0.138. The Labute approximate surface area is 817 Å². The van der Waals surface area contributed by atoms with Crippen molar-refractivity contribution in [3.63, 3.8) is 0 Å². The summed E-state index contributed by atoms with van der Waals surface area (Å²) in [5.74, 6) is -0.752. The average molecular weight is 2040 g/mol. The van der Waals surface area contributed by atoms with Gasteiger partial charge in [-0.05, 0) is 201 Å². The van der Waals surface area contributed by atoms with Crippen molar-refractivity contribution >= 4 is 177 Å². The van der Waals surface area contributed by atoms with Gasteiger partial charge in [0.05, 0.1) is 41.6 Å². The van der Waals surface area contributed by atoms with Crippen LogP contribution in [-0.4, -0.2) is 223 Å². The second-order valence-corrected chi connectivity index (χ2v) is 42.2. The lowest BCUT2D eigenvalue weighted by Crippen LogP contribution is -2.52. The van der Waals surface area contributed by atoms with Gasteiger partial charge < -0.3 is 43.9 Å². The molecule has 2 unspecified atom stereocenters. The quantitative estimate of drug-likeness (QED) is 0.0413. The van der Waals surface area contributed by atoms with Gasteiger partial charge in [0, 0.05) is 181 Å². The number of aromatic nitrogens is 7. The van der Waals surface area contributed by atoms with E-state index >= 15 is 0 Å². The summed E-state index contributed by atoms with van der Waals surface area (Å²) in [5.41, 5.74) is 8.50. The lowest BCUT2D eigenvalue weighted by Gasteiger charge is -2.38. The van der Waals surface area contributed by atoms with Gasteiger partial charge in [-0.3, -0.25) is 43.0 Å². The molecule has 10 heterocycles. The number of piperazine rings is 3. The number of halogens is 5. The first-order valence-corrected chi connectivity index (χ1v) is 52.2. The van der Waals surface area contributed by atoms with Crippen LogP contribution in [0, 0.1) is 17.6 Å². The molecule has 44 heteroatoms. The summed E-state index contributed by atoms with van der Waals surface area (Å²) in [7, 11) is -15.0. The van der Waals surface area contributed by atoms with Crippen molar-refractivity contribution in [2.75, 3.05) is 146 Å². The Morgan fingerprint density at radius 3 is 1.46 bits per heavy atom. The number of carbonyl (C=O) groups is 4. The molecular weight excluding hydrogens is 1930 g/mol. The van der Waals surface area contributed by atoms with Crippen molar-refractivity contribution in [1.29, 1.82) is 0 Å². The third kappa shape index (κ3) is 24.2. The molecule has 6 aliphatic heterocycles. The number of fused-ring (bicyclic) bond motifs is 1. The zero-order chi connectivity index (χ0) is 96.0. The maximum absolute atomic E-state index is 13.6. The molecule has 12 aromatic rings. The fourth-order valence-corrected chi connectivity index (χ4v) is 22.7. The van der Waals surface area contributed by atoms with Gasteiger partial charge >= 0.3 is 0 Å². The maximum Gasteiger partial charge on any atom is 0.263 e. The van der Waals surface area contributed by atoms with Crippen molar-refractivity contribution in [3.8, 4) is 5.75 Å². The summed E-state index contributed by atoms with van der Waals surface area (Å²) in [6, 6.07) is 52.9. The Balaban J connectivity index is 0.000000191. The number of nitrogens with one attached hydrogen (secondary N) is 4. The van der Waals surface area contributed by atoms with Crippen molar-refractivity contribution in [2.45, 2.75) is 90.1 Å². The number of nitrogens with zero attached hydrogens (tertiary/aromatic N) is 16. The number of rotatable bonds is 25. The van der Waals surface area contributed by atoms with E-state index < -0.39 is 57.8 Å². The van der Waals surface area contributed by atoms with Gasteiger partial charge in [0.2, 0.25) is 22.9 Å². The Morgan fingerprint density at radius 1 is 0.471 bits per heavy atom. The molecule has 0 saturated carbocycles. The van der Waals surface area contributed by atoms with E-state index in [0.29, 0.717) is 142 Å². The largest absolute Gasteiger partial charge is 0.481 e. The number of aryl methyl sites for hydroxylation is 1. The van der Waals surface area contributed by atoms with Crippen LogP contribution in [0.3, 0.4) is 0 Å². The number of benzene rings is 8. The molecule has 0 radical (unpaired) electrons. The highest BCUT2D eigenvalue weighted by Gasteiger charge is 2.41. The Kier molecular flexibility index (Phi) is 31.6. The van der Waals surface area contributed by atoms with Crippen LogP contribution in [0.15, 0.2) is 256 Å². The minimum absolute atomic E-state index is 0. The van der Waals surface area contributed by atoms with E-state index in [-0.39, 0.29) is 96.2 Å². The number of anilines is 10. The van der Waals surface area contributed by atoms with E-state index in [1.54, 1.807) is 124 Å². The minimum atomic E-state index is -3.77. The van der Waals surface area contributed by atoms with Crippen molar-refractivity contribution in [2.24, 2.45) is 5.92 Å². The van der Waals surface area contributed by atoms with Crippen LogP contribution >= 0.6 is 57.5 Å². The molecular formula is C92H105Cl3F2N20O13S6. The summed E-state index contributed by atoms with van der Waals surface area (Å²) >= 11 is 20.4. The van der Waals surface area contributed by atoms with E-state index in [4.69, 9.17) is 39.5 Å². The second-order valence-electron chi connectivity index (χ2n) is 32.5. The Bertz CT molecular complexity index is 6680. The molecule has 4 atom stereocenters. The van der Waals surface area contributed by atoms with Crippen LogP contribution < -0.4 is 53.0 Å². The fraction of sp³-hybridized carbons (Fsp3) is 0.293. The van der Waals surface area contributed by atoms with Gasteiger partial charge in [0.25, 0.3) is 46.0 Å². The van der Waals surface area contributed by atoms with Crippen molar-refractivity contribution in [3.05, 3.63) is 274 Å². The highest BCUT2D eigenvalue weighted by atomic mass is 35.5. The van der Waals surface area contributed by atoms with Gasteiger partial charge in [0.1, 0.15) is 41.6 Å². The normalized spacial score (nSPS) is 17.0. The predicted octanol–water partition coefficient (Wildman–Crippen LogP) is 15.0. The van der Waals surface area contributed by atoms with E-state index in [2.05, 4.69) is 87.5 Å². The van der Waals surface area contributed by atoms with Gasteiger partial charge in [-0.15, -0.1) is 21.5 Å². The van der Waals surface area contributed by atoms with E-state index in [1.165, 1.54) is 96.1 Å². The smallest absolute Gasteiger partial charge is 0.263 e. The second kappa shape index (κ2) is 43.8. The summed E-state index contributed by atoms with van der Waals surface area (Å²) in [6.07, 6.45) is 9.63. The van der Waals surface area contributed by atoms with E-state index in [9.17, 15) is 61.6 Å². The number of hydrogen-bond donors (Lipinski definition) is 4. The van der Waals surface area contributed by atoms with Crippen LogP contribution in [0.4, 0.5) is 64.8 Å². The Hall–Kier alpha value is -12.3.